The van der Waals surface area contributed by atoms with Crippen molar-refractivity contribution in [2.24, 2.45) is 5.92 Å². The van der Waals surface area contributed by atoms with Gasteiger partial charge in [0.15, 0.2) is 0 Å². The summed E-state index contributed by atoms with van der Waals surface area (Å²) in [5.74, 6) is 0.182. The summed E-state index contributed by atoms with van der Waals surface area (Å²) in [5.41, 5.74) is 1.64. The second kappa shape index (κ2) is 5.96. The maximum Gasteiger partial charge on any atom is 0.308 e. The largest absolute Gasteiger partial charge is 0.466 e. The third kappa shape index (κ3) is 3.66. The van der Waals surface area contributed by atoms with Crippen LogP contribution in [0.2, 0.25) is 5.15 Å². The third-order valence-corrected chi connectivity index (χ3v) is 2.79. The quantitative estimate of drug-likeness (QED) is 0.614. The van der Waals surface area contributed by atoms with Gasteiger partial charge < -0.3 is 4.74 Å². The lowest BCUT2D eigenvalue weighted by molar-refractivity contribution is -0.147. The second-order valence-corrected chi connectivity index (χ2v) is 4.34. The number of carbonyl (C=O) groups is 1. The van der Waals surface area contributed by atoms with Gasteiger partial charge in [-0.05, 0) is 27.2 Å². The molecule has 1 heterocycles. The van der Waals surface area contributed by atoms with Gasteiger partial charge in [0.1, 0.15) is 11.0 Å². The molecule has 1 aromatic heterocycles. The average molecular weight is 257 g/mol. The number of ether oxygens (including phenoxy) is 1. The summed E-state index contributed by atoms with van der Waals surface area (Å²) >= 11 is 6.06. The minimum atomic E-state index is -0.238. The minimum Gasteiger partial charge on any atom is -0.466 e. The van der Waals surface area contributed by atoms with E-state index in [0.717, 1.165) is 11.3 Å². The number of aryl methyl sites for hydroxylation is 2. The van der Waals surface area contributed by atoms with Gasteiger partial charge in [-0.15, -0.1) is 0 Å². The van der Waals surface area contributed by atoms with E-state index in [1.54, 1.807) is 13.8 Å². The lowest BCUT2D eigenvalue weighted by Gasteiger charge is -2.13. The first-order valence-electron chi connectivity index (χ1n) is 5.62. The molecule has 0 fully saturated rings. The summed E-state index contributed by atoms with van der Waals surface area (Å²) in [4.78, 5) is 19.9. The van der Waals surface area contributed by atoms with Crippen LogP contribution in [0.1, 0.15) is 30.9 Å². The maximum atomic E-state index is 11.5. The van der Waals surface area contributed by atoms with E-state index in [4.69, 9.17) is 16.3 Å². The van der Waals surface area contributed by atoms with Crippen molar-refractivity contribution in [1.82, 2.24) is 9.97 Å². The summed E-state index contributed by atoms with van der Waals surface area (Å²) in [5, 5.41) is 0.422. The van der Waals surface area contributed by atoms with Crippen molar-refractivity contribution in [3.05, 3.63) is 22.2 Å². The molecule has 0 bridgehead atoms. The van der Waals surface area contributed by atoms with Crippen LogP contribution in [-0.4, -0.2) is 22.5 Å². The Kier molecular flexibility index (Phi) is 4.87. The van der Waals surface area contributed by atoms with Gasteiger partial charge in [0.05, 0.1) is 12.5 Å². The first kappa shape index (κ1) is 13.9. The van der Waals surface area contributed by atoms with Crippen LogP contribution in [0.5, 0.6) is 0 Å². The zero-order valence-electron chi connectivity index (χ0n) is 10.6. The molecule has 0 aliphatic heterocycles. The average Bonchev–Trinajstić information content (AvgIpc) is 2.23. The van der Waals surface area contributed by atoms with Crippen LogP contribution < -0.4 is 0 Å². The van der Waals surface area contributed by atoms with Crippen molar-refractivity contribution >= 4 is 17.6 Å². The number of hydrogen-bond donors (Lipinski definition) is 0. The van der Waals surface area contributed by atoms with Crippen molar-refractivity contribution in [3.63, 3.8) is 0 Å². The highest BCUT2D eigenvalue weighted by atomic mass is 35.5. The first-order chi connectivity index (χ1) is 7.95. The van der Waals surface area contributed by atoms with Gasteiger partial charge in [-0.3, -0.25) is 4.79 Å². The fourth-order valence-corrected chi connectivity index (χ4v) is 1.94. The Morgan fingerprint density at radius 2 is 2.06 bits per heavy atom. The smallest absolute Gasteiger partial charge is 0.308 e. The molecule has 17 heavy (non-hydrogen) atoms. The molecule has 0 saturated heterocycles. The Balaban J connectivity index is 2.85. The van der Waals surface area contributed by atoms with E-state index in [2.05, 4.69) is 9.97 Å². The molecule has 4 nitrogen and oxygen atoms in total. The Bertz CT molecular complexity index is 398. The number of rotatable bonds is 4. The standard InChI is InChI=1S/C12H17ClN2O2/c1-5-17-12(16)7(2)6-10-8(3)14-9(4)15-11(10)13/h7H,5-6H2,1-4H3. The van der Waals surface area contributed by atoms with E-state index < -0.39 is 0 Å². The van der Waals surface area contributed by atoms with Gasteiger partial charge in [-0.1, -0.05) is 18.5 Å². The summed E-state index contributed by atoms with van der Waals surface area (Å²) in [7, 11) is 0. The number of carbonyl (C=O) groups excluding carboxylic acids is 1. The van der Waals surface area contributed by atoms with Crippen LogP contribution in [0.25, 0.3) is 0 Å². The number of nitrogens with zero attached hydrogens (tertiary/aromatic N) is 2. The lowest BCUT2D eigenvalue weighted by atomic mass is 10.0. The molecule has 0 saturated carbocycles. The molecule has 0 aromatic carbocycles. The Morgan fingerprint density at radius 3 is 2.59 bits per heavy atom. The summed E-state index contributed by atoms with van der Waals surface area (Å²) in [6.45, 7) is 7.65. The highest BCUT2D eigenvalue weighted by molar-refractivity contribution is 6.30. The molecule has 0 amide bonds. The van der Waals surface area contributed by atoms with Crippen LogP contribution in [-0.2, 0) is 16.0 Å². The second-order valence-electron chi connectivity index (χ2n) is 3.98. The van der Waals surface area contributed by atoms with E-state index in [0.29, 0.717) is 24.0 Å². The predicted octanol–water partition coefficient (Wildman–Crippen LogP) is 2.49. The van der Waals surface area contributed by atoms with E-state index in [1.807, 2.05) is 13.8 Å². The first-order valence-corrected chi connectivity index (χ1v) is 5.99. The summed E-state index contributed by atoms with van der Waals surface area (Å²) in [6.07, 6.45) is 0.504. The summed E-state index contributed by atoms with van der Waals surface area (Å²) < 4.78 is 4.96. The number of hydrogen-bond acceptors (Lipinski definition) is 4. The zero-order valence-corrected chi connectivity index (χ0v) is 11.3. The van der Waals surface area contributed by atoms with Gasteiger partial charge in [0, 0.05) is 11.3 Å². The number of halogens is 1. The zero-order chi connectivity index (χ0) is 13.0. The molecule has 0 aliphatic rings. The van der Waals surface area contributed by atoms with Gasteiger partial charge in [-0.25, -0.2) is 9.97 Å². The van der Waals surface area contributed by atoms with Crippen LogP contribution in [0.15, 0.2) is 0 Å². The SMILES string of the molecule is CCOC(=O)C(C)Cc1c(C)nc(C)nc1Cl. The van der Waals surface area contributed by atoms with Gasteiger partial charge >= 0.3 is 5.97 Å². The molecule has 0 N–H and O–H groups in total. The van der Waals surface area contributed by atoms with E-state index in [9.17, 15) is 4.79 Å². The van der Waals surface area contributed by atoms with Crippen molar-refractivity contribution in [2.45, 2.75) is 34.1 Å². The predicted molar refractivity (Wildman–Crippen MR) is 66.0 cm³/mol. The van der Waals surface area contributed by atoms with E-state index in [-0.39, 0.29) is 11.9 Å². The molecule has 0 aliphatic carbocycles. The fraction of sp³-hybridized carbons (Fsp3) is 0.583. The molecule has 1 aromatic rings. The minimum absolute atomic E-state index is 0.219. The normalized spacial score (nSPS) is 12.3. The van der Waals surface area contributed by atoms with Crippen molar-refractivity contribution in [2.75, 3.05) is 6.61 Å². The molecule has 0 radical (unpaired) electrons. The van der Waals surface area contributed by atoms with Gasteiger partial charge in [0.2, 0.25) is 0 Å². The molecular formula is C12H17ClN2O2. The fourth-order valence-electron chi connectivity index (χ4n) is 1.60. The van der Waals surface area contributed by atoms with E-state index in [1.165, 1.54) is 0 Å². The lowest BCUT2D eigenvalue weighted by Crippen LogP contribution is -2.18. The maximum absolute atomic E-state index is 11.5. The highest BCUT2D eigenvalue weighted by Gasteiger charge is 2.18. The van der Waals surface area contributed by atoms with Crippen molar-refractivity contribution in [1.29, 1.82) is 0 Å². The Morgan fingerprint density at radius 1 is 1.41 bits per heavy atom. The molecule has 1 rings (SSSR count). The number of esters is 1. The Labute approximate surface area is 106 Å². The van der Waals surface area contributed by atoms with Crippen LogP contribution >= 0.6 is 11.6 Å². The van der Waals surface area contributed by atoms with Gasteiger partial charge in [0.25, 0.3) is 0 Å². The van der Waals surface area contributed by atoms with Gasteiger partial charge in [-0.2, -0.15) is 0 Å². The number of aromatic nitrogens is 2. The topological polar surface area (TPSA) is 52.1 Å². The molecule has 5 heteroatoms. The molecule has 1 atom stereocenters. The highest BCUT2D eigenvalue weighted by Crippen LogP contribution is 2.20. The molecular weight excluding hydrogens is 240 g/mol. The van der Waals surface area contributed by atoms with Crippen molar-refractivity contribution < 1.29 is 9.53 Å². The van der Waals surface area contributed by atoms with E-state index >= 15 is 0 Å². The van der Waals surface area contributed by atoms with Crippen LogP contribution in [0, 0.1) is 19.8 Å². The summed E-state index contributed by atoms with van der Waals surface area (Å²) in [6, 6.07) is 0. The third-order valence-electron chi connectivity index (χ3n) is 2.47. The molecule has 1 unspecified atom stereocenters. The monoisotopic (exact) mass is 256 g/mol. The molecule has 0 spiro atoms. The van der Waals surface area contributed by atoms with Crippen LogP contribution in [0.4, 0.5) is 0 Å². The van der Waals surface area contributed by atoms with Crippen molar-refractivity contribution in [3.8, 4) is 0 Å². The van der Waals surface area contributed by atoms with Crippen LogP contribution in [0.3, 0.4) is 0 Å². The molecule has 94 valence electrons. The Hall–Kier alpha value is -1.16.